The summed E-state index contributed by atoms with van der Waals surface area (Å²) >= 11 is 1.99. The van der Waals surface area contributed by atoms with Crippen LogP contribution in [0.1, 0.15) is 27.4 Å². The first-order valence-electron chi connectivity index (χ1n) is 6.24. The van der Waals surface area contributed by atoms with Crippen LogP contribution in [-0.4, -0.2) is 4.57 Å². The quantitative estimate of drug-likeness (QED) is 0.878. The van der Waals surface area contributed by atoms with E-state index in [-0.39, 0.29) is 0 Å². The molecule has 2 aromatic rings. The molecular weight excluding hydrogens is 228 g/mol. The van der Waals surface area contributed by atoms with Crippen LogP contribution in [0.15, 0.2) is 24.4 Å². The highest BCUT2D eigenvalue weighted by Gasteiger charge is 2.14. The van der Waals surface area contributed by atoms with E-state index in [1.54, 1.807) is 10.4 Å². The zero-order valence-electron chi connectivity index (χ0n) is 10.2. The van der Waals surface area contributed by atoms with Gasteiger partial charge in [0.15, 0.2) is 0 Å². The molecule has 90 valence electrons. The topological polar surface area (TPSA) is 17.0 Å². The fraction of sp³-hybridized carbons (Fsp3) is 0.429. The predicted molar refractivity (Wildman–Crippen MR) is 72.3 cm³/mol. The maximum absolute atomic E-state index is 3.52. The molecule has 2 nitrogen and oxygen atoms in total. The Morgan fingerprint density at radius 3 is 3.06 bits per heavy atom. The van der Waals surface area contributed by atoms with Crippen LogP contribution >= 0.6 is 11.3 Å². The molecule has 1 N–H and O–H groups in total. The summed E-state index contributed by atoms with van der Waals surface area (Å²) < 4.78 is 2.17. The number of fused-ring (bicyclic) bond motifs is 1. The smallest absolute Gasteiger partial charge is 0.0362 e. The fourth-order valence-electron chi connectivity index (χ4n) is 2.47. The molecule has 0 unspecified atom stereocenters. The third-order valence-corrected chi connectivity index (χ3v) is 4.69. The minimum atomic E-state index is 0.950. The Kier molecular flexibility index (Phi) is 3.04. The van der Waals surface area contributed by atoms with Crippen molar-refractivity contribution < 1.29 is 0 Å². The Morgan fingerprint density at radius 2 is 2.29 bits per heavy atom. The van der Waals surface area contributed by atoms with Gasteiger partial charge in [0.2, 0.25) is 0 Å². The van der Waals surface area contributed by atoms with E-state index in [1.165, 1.54) is 29.8 Å². The number of thiophene rings is 1. The average molecular weight is 246 g/mol. The first-order valence-corrected chi connectivity index (χ1v) is 7.06. The maximum Gasteiger partial charge on any atom is 0.0362 e. The Morgan fingerprint density at radius 1 is 1.35 bits per heavy atom. The van der Waals surface area contributed by atoms with E-state index >= 15 is 0 Å². The fourth-order valence-corrected chi connectivity index (χ4v) is 3.70. The molecule has 0 radical (unpaired) electrons. The van der Waals surface area contributed by atoms with Gasteiger partial charge in [-0.1, -0.05) is 0 Å². The molecule has 3 rings (SSSR count). The van der Waals surface area contributed by atoms with Crippen molar-refractivity contribution in [2.45, 2.75) is 32.4 Å². The summed E-state index contributed by atoms with van der Waals surface area (Å²) in [5.74, 6) is 0. The van der Waals surface area contributed by atoms with Gasteiger partial charge in [-0.25, -0.2) is 0 Å². The molecule has 0 spiro atoms. The van der Waals surface area contributed by atoms with Crippen molar-refractivity contribution in [2.24, 2.45) is 7.05 Å². The van der Waals surface area contributed by atoms with Crippen LogP contribution in [-0.2, 0) is 33.0 Å². The average Bonchev–Trinajstić information content (AvgIpc) is 2.95. The number of hydrogen-bond donors (Lipinski definition) is 1. The normalized spacial score (nSPS) is 14.2. The summed E-state index contributed by atoms with van der Waals surface area (Å²) in [7, 11) is 2.09. The molecule has 3 heteroatoms. The number of aromatic nitrogens is 1. The van der Waals surface area contributed by atoms with E-state index in [2.05, 4.69) is 41.3 Å². The molecule has 2 aromatic heterocycles. The monoisotopic (exact) mass is 246 g/mol. The molecule has 0 aromatic carbocycles. The van der Waals surface area contributed by atoms with Crippen LogP contribution in [0.3, 0.4) is 0 Å². The predicted octanol–water partition coefficient (Wildman–Crippen LogP) is 2.87. The second kappa shape index (κ2) is 4.67. The molecule has 1 aliphatic rings. The number of aryl methyl sites for hydroxylation is 3. The van der Waals surface area contributed by atoms with Crippen molar-refractivity contribution in [1.29, 1.82) is 0 Å². The molecule has 0 bridgehead atoms. The number of hydrogen-bond acceptors (Lipinski definition) is 2. The van der Waals surface area contributed by atoms with Crippen LogP contribution in [0.4, 0.5) is 0 Å². The summed E-state index contributed by atoms with van der Waals surface area (Å²) in [5, 5.41) is 3.52. The van der Waals surface area contributed by atoms with Crippen molar-refractivity contribution in [2.75, 3.05) is 0 Å². The molecule has 0 aliphatic heterocycles. The molecule has 1 aliphatic carbocycles. The van der Waals surface area contributed by atoms with E-state index in [9.17, 15) is 0 Å². The highest BCUT2D eigenvalue weighted by Crippen LogP contribution is 2.30. The summed E-state index contributed by atoms with van der Waals surface area (Å²) in [6.07, 6.45) is 6.05. The van der Waals surface area contributed by atoms with Crippen LogP contribution in [0.5, 0.6) is 0 Å². The lowest BCUT2D eigenvalue weighted by atomic mass is 10.2. The summed E-state index contributed by atoms with van der Waals surface area (Å²) in [6, 6.07) is 6.66. The number of nitrogens with one attached hydrogen (secondary N) is 1. The van der Waals surface area contributed by atoms with Gasteiger partial charge in [0.1, 0.15) is 0 Å². The highest BCUT2D eigenvalue weighted by atomic mass is 32.1. The SMILES string of the molecule is Cn1cccc1CNCc1cc2c(s1)CCC2. The zero-order chi connectivity index (χ0) is 11.7. The number of nitrogens with zero attached hydrogens (tertiary/aromatic N) is 1. The van der Waals surface area contributed by atoms with Gasteiger partial charge in [0.25, 0.3) is 0 Å². The van der Waals surface area contributed by atoms with Crippen molar-refractivity contribution >= 4 is 11.3 Å². The summed E-state index contributed by atoms with van der Waals surface area (Å²) in [4.78, 5) is 3.12. The van der Waals surface area contributed by atoms with Crippen molar-refractivity contribution in [1.82, 2.24) is 9.88 Å². The third kappa shape index (κ3) is 2.31. The standard InChI is InChI=1S/C14H18N2S/c1-16-7-3-5-12(16)9-15-10-13-8-11-4-2-6-14(11)17-13/h3,5,7-8,15H,2,4,6,9-10H2,1H3. The van der Waals surface area contributed by atoms with Crippen LogP contribution in [0.25, 0.3) is 0 Å². The minimum absolute atomic E-state index is 0.950. The van der Waals surface area contributed by atoms with Gasteiger partial charge in [-0.3, -0.25) is 0 Å². The molecule has 0 saturated carbocycles. The Labute approximate surface area is 106 Å². The molecule has 0 saturated heterocycles. The van der Waals surface area contributed by atoms with Gasteiger partial charge in [-0.2, -0.15) is 0 Å². The summed E-state index contributed by atoms with van der Waals surface area (Å²) in [5.41, 5.74) is 2.94. The Balaban J connectivity index is 1.56. The van der Waals surface area contributed by atoms with Crippen molar-refractivity contribution in [3.8, 4) is 0 Å². The molecule has 17 heavy (non-hydrogen) atoms. The van der Waals surface area contributed by atoms with Gasteiger partial charge in [0.05, 0.1) is 0 Å². The lowest BCUT2D eigenvalue weighted by Gasteiger charge is -2.04. The molecule has 0 fully saturated rings. The maximum atomic E-state index is 3.52. The van der Waals surface area contributed by atoms with E-state index < -0.39 is 0 Å². The zero-order valence-corrected chi connectivity index (χ0v) is 11.0. The lowest BCUT2D eigenvalue weighted by molar-refractivity contribution is 0.660. The van der Waals surface area contributed by atoms with E-state index in [1.807, 2.05) is 11.3 Å². The molecule has 2 heterocycles. The molecule has 0 amide bonds. The highest BCUT2D eigenvalue weighted by molar-refractivity contribution is 7.12. The van der Waals surface area contributed by atoms with Crippen molar-refractivity contribution in [3.05, 3.63) is 45.4 Å². The largest absolute Gasteiger partial charge is 0.353 e. The Bertz CT molecular complexity index is 489. The molecule has 0 atom stereocenters. The van der Waals surface area contributed by atoms with Crippen LogP contribution in [0.2, 0.25) is 0 Å². The van der Waals surface area contributed by atoms with Gasteiger partial charge >= 0.3 is 0 Å². The second-order valence-electron chi connectivity index (χ2n) is 4.73. The number of rotatable bonds is 4. The first-order chi connectivity index (χ1) is 8.33. The van der Waals surface area contributed by atoms with Gasteiger partial charge in [0, 0.05) is 41.8 Å². The third-order valence-electron chi connectivity index (χ3n) is 3.45. The van der Waals surface area contributed by atoms with Crippen molar-refractivity contribution in [3.63, 3.8) is 0 Å². The molecular formula is C14H18N2S. The lowest BCUT2D eigenvalue weighted by Crippen LogP contribution is -2.13. The first kappa shape index (κ1) is 11.1. The Hall–Kier alpha value is -1.06. The second-order valence-corrected chi connectivity index (χ2v) is 5.95. The van der Waals surface area contributed by atoms with E-state index in [0.717, 1.165) is 13.1 Å². The summed E-state index contributed by atoms with van der Waals surface area (Å²) in [6.45, 7) is 1.95. The van der Waals surface area contributed by atoms with Gasteiger partial charge in [-0.15, -0.1) is 11.3 Å². The van der Waals surface area contributed by atoms with Gasteiger partial charge < -0.3 is 9.88 Å². The van der Waals surface area contributed by atoms with E-state index in [0.29, 0.717) is 0 Å². The van der Waals surface area contributed by atoms with E-state index in [4.69, 9.17) is 0 Å². The van der Waals surface area contributed by atoms with Crippen LogP contribution in [0, 0.1) is 0 Å². The van der Waals surface area contributed by atoms with Crippen LogP contribution < -0.4 is 5.32 Å². The van der Waals surface area contributed by atoms with Gasteiger partial charge in [-0.05, 0) is 43.0 Å². The minimum Gasteiger partial charge on any atom is -0.353 e.